The molecule has 1 saturated heterocycles. The molecule has 0 saturated carbocycles. The summed E-state index contributed by atoms with van der Waals surface area (Å²) in [6, 6.07) is 13.3. The minimum absolute atomic E-state index is 0.0206. The number of carbonyl (C=O) groups is 3. The van der Waals surface area contributed by atoms with Gasteiger partial charge in [-0.3, -0.25) is 14.3 Å². The normalized spacial score (nSPS) is 15.9. The molecule has 3 N–H and O–H groups in total. The lowest BCUT2D eigenvalue weighted by atomic mass is 9.87. The zero-order valence-corrected chi connectivity index (χ0v) is 24.4. The number of likely N-dealkylation sites (tertiary alicyclic amines) is 1. The Bertz CT molecular complexity index is 1320. The number of piperidine rings is 1. The van der Waals surface area contributed by atoms with E-state index >= 15 is 0 Å². The summed E-state index contributed by atoms with van der Waals surface area (Å²) >= 11 is 0. The van der Waals surface area contributed by atoms with Crippen LogP contribution in [0.4, 0.5) is 18.9 Å². The predicted molar refractivity (Wildman–Crippen MR) is 148 cm³/mol. The van der Waals surface area contributed by atoms with Crippen LogP contribution in [0, 0.1) is 5.92 Å². The predicted octanol–water partition coefficient (Wildman–Crippen LogP) is 4.80. The van der Waals surface area contributed by atoms with Crippen LogP contribution in [0.5, 0.6) is 0 Å². The first-order valence-electron chi connectivity index (χ1n) is 12.9. The SMILES string of the molecule is CC(C)NC(=O)C1CCCN(C(=O)c2ccc(NS(=O)(=O)c3ccc(C(C)(C)C)cc3)cc2)C1.O=C(O)C(F)(F)F. The standard InChI is InChI=1S/C26H35N3O4S.C2HF3O2/c1-18(2)27-24(30)20-7-6-16-29(17-20)25(31)19-8-12-22(13-9-19)28-34(32,33)23-14-10-21(11-15-23)26(3,4)5;3-2(4,5)1(6)7/h8-15,18,20,28H,6-7,16-17H2,1-5H3,(H,27,30);(H,6,7). The van der Waals surface area contributed by atoms with Gasteiger partial charge in [0.05, 0.1) is 10.8 Å². The third-order valence-electron chi connectivity index (χ3n) is 6.17. The molecule has 1 heterocycles. The highest BCUT2D eigenvalue weighted by Crippen LogP contribution is 2.25. The van der Waals surface area contributed by atoms with Crippen LogP contribution >= 0.6 is 0 Å². The second kappa shape index (κ2) is 13.4. The van der Waals surface area contributed by atoms with Crippen molar-refractivity contribution in [2.24, 2.45) is 5.92 Å². The number of benzene rings is 2. The van der Waals surface area contributed by atoms with Crippen molar-refractivity contribution in [3.63, 3.8) is 0 Å². The molecule has 1 aliphatic rings. The van der Waals surface area contributed by atoms with E-state index < -0.39 is 22.2 Å². The second-order valence-corrected chi connectivity index (χ2v) is 12.7. The van der Waals surface area contributed by atoms with E-state index in [-0.39, 0.29) is 34.1 Å². The number of aliphatic carboxylic acids is 1. The van der Waals surface area contributed by atoms with Gasteiger partial charge in [0.1, 0.15) is 0 Å². The first kappa shape index (κ1) is 33.6. The fourth-order valence-electron chi connectivity index (χ4n) is 3.99. The van der Waals surface area contributed by atoms with Crippen molar-refractivity contribution < 1.29 is 41.1 Å². The minimum atomic E-state index is -5.08. The molecule has 0 radical (unpaired) electrons. The van der Waals surface area contributed by atoms with Crippen molar-refractivity contribution in [2.75, 3.05) is 17.8 Å². The highest BCUT2D eigenvalue weighted by atomic mass is 32.2. The van der Waals surface area contributed by atoms with Crippen molar-refractivity contribution in [1.82, 2.24) is 10.2 Å². The molecule has 13 heteroatoms. The third kappa shape index (κ3) is 10.1. The largest absolute Gasteiger partial charge is 0.490 e. The maximum absolute atomic E-state index is 13.0. The Labute approximate surface area is 238 Å². The maximum atomic E-state index is 13.0. The Kier molecular flexibility index (Phi) is 11.0. The molecule has 2 amide bonds. The summed E-state index contributed by atoms with van der Waals surface area (Å²) in [6.45, 7) is 11.0. The van der Waals surface area contributed by atoms with E-state index in [2.05, 4.69) is 30.8 Å². The van der Waals surface area contributed by atoms with Crippen LogP contribution in [0.2, 0.25) is 0 Å². The summed E-state index contributed by atoms with van der Waals surface area (Å²) in [4.78, 5) is 36.1. The number of carbonyl (C=O) groups excluding carboxylic acids is 2. The van der Waals surface area contributed by atoms with E-state index in [1.54, 1.807) is 41.3 Å². The minimum Gasteiger partial charge on any atom is -0.475 e. The number of rotatable bonds is 6. The Morgan fingerprint density at radius 3 is 1.98 bits per heavy atom. The Balaban J connectivity index is 0.000000745. The van der Waals surface area contributed by atoms with Gasteiger partial charge in [-0.15, -0.1) is 0 Å². The van der Waals surface area contributed by atoms with Gasteiger partial charge in [0.2, 0.25) is 5.91 Å². The van der Waals surface area contributed by atoms with Crippen LogP contribution in [0.25, 0.3) is 0 Å². The molecule has 41 heavy (non-hydrogen) atoms. The van der Waals surface area contributed by atoms with E-state index in [1.165, 1.54) is 0 Å². The smallest absolute Gasteiger partial charge is 0.475 e. The van der Waals surface area contributed by atoms with Gasteiger partial charge in [0.25, 0.3) is 15.9 Å². The highest BCUT2D eigenvalue weighted by Gasteiger charge is 2.38. The van der Waals surface area contributed by atoms with Crippen LogP contribution in [0.15, 0.2) is 53.4 Å². The number of nitrogens with one attached hydrogen (secondary N) is 2. The quantitative estimate of drug-likeness (QED) is 0.437. The van der Waals surface area contributed by atoms with Gasteiger partial charge < -0.3 is 15.3 Å². The van der Waals surface area contributed by atoms with Gasteiger partial charge in [-0.2, -0.15) is 13.2 Å². The van der Waals surface area contributed by atoms with E-state index in [0.717, 1.165) is 18.4 Å². The zero-order valence-electron chi connectivity index (χ0n) is 23.6. The molecule has 0 aliphatic carbocycles. The zero-order chi connectivity index (χ0) is 31.2. The van der Waals surface area contributed by atoms with E-state index in [1.807, 2.05) is 26.0 Å². The lowest BCUT2D eigenvalue weighted by molar-refractivity contribution is -0.192. The molecule has 0 bridgehead atoms. The first-order chi connectivity index (χ1) is 18.8. The molecule has 1 fully saturated rings. The molecular weight excluding hydrogens is 563 g/mol. The van der Waals surface area contributed by atoms with Crippen molar-refractivity contribution in [3.05, 3.63) is 59.7 Å². The van der Waals surface area contributed by atoms with Gasteiger partial charge in [0, 0.05) is 30.4 Å². The Morgan fingerprint density at radius 2 is 1.51 bits per heavy atom. The van der Waals surface area contributed by atoms with E-state index in [0.29, 0.717) is 24.3 Å². The van der Waals surface area contributed by atoms with Gasteiger partial charge in [-0.25, -0.2) is 13.2 Å². The molecule has 9 nitrogen and oxygen atoms in total. The van der Waals surface area contributed by atoms with Crippen LogP contribution in [0.1, 0.15) is 63.4 Å². The average molecular weight is 600 g/mol. The number of sulfonamides is 1. The van der Waals surface area contributed by atoms with Gasteiger partial charge >= 0.3 is 12.1 Å². The molecule has 1 atom stereocenters. The molecule has 226 valence electrons. The van der Waals surface area contributed by atoms with Crippen LogP contribution in [-0.2, 0) is 25.0 Å². The molecule has 0 aromatic heterocycles. The summed E-state index contributed by atoms with van der Waals surface area (Å²) in [7, 11) is -3.75. The summed E-state index contributed by atoms with van der Waals surface area (Å²) in [6.07, 6.45) is -3.55. The van der Waals surface area contributed by atoms with Crippen LogP contribution in [-0.4, -0.2) is 61.5 Å². The number of carboxylic acids is 1. The van der Waals surface area contributed by atoms with E-state index in [9.17, 15) is 31.2 Å². The molecule has 1 aliphatic heterocycles. The monoisotopic (exact) mass is 599 g/mol. The average Bonchev–Trinajstić information content (AvgIpc) is 2.87. The summed E-state index contributed by atoms with van der Waals surface area (Å²) in [5, 5.41) is 10.0. The highest BCUT2D eigenvalue weighted by molar-refractivity contribution is 7.92. The maximum Gasteiger partial charge on any atom is 0.490 e. The molecule has 3 rings (SSSR count). The molecule has 0 spiro atoms. The van der Waals surface area contributed by atoms with E-state index in [4.69, 9.17) is 9.90 Å². The second-order valence-electron chi connectivity index (χ2n) is 11.0. The Hall–Kier alpha value is -3.61. The molecule has 2 aromatic carbocycles. The molecule has 1 unspecified atom stereocenters. The summed E-state index contributed by atoms with van der Waals surface area (Å²) in [5.41, 5.74) is 1.83. The number of hydrogen-bond acceptors (Lipinski definition) is 5. The Morgan fingerprint density at radius 1 is 0.976 bits per heavy atom. The first-order valence-corrected chi connectivity index (χ1v) is 14.4. The lowest BCUT2D eigenvalue weighted by Gasteiger charge is -2.32. The molecule has 2 aromatic rings. The summed E-state index contributed by atoms with van der Waals surface area (Å²) < 4.78 is 59.9. The number of carboxylic acid groups (broad SMARTS) is 1. The fourth-order valence-corrected chi connectivity index (χ4v) is 5.05. The van der Waals surface area contributed by atoms with Crippen molar-refractivity contribution >= 4 is 33.5 Å². The lowest BCUT2D eigenvalue weighted by Crippen LogP contribution is -2.46. The van der Waals surface area contributed by atoms with Gasteiger partial charge in [-0.1, -0.05) is 32.9 Å². The summed E-state index contributed by atoms with van der Waals surface area (Å²) in [5.74, 6) is -3.15. The van der Waals surface area contributed by atoms with Crippen molar-refractivity contribution in [1.29, 1.82) is 0 Å². The third-order valence-corrected chi connectivity index (χ3v) is 7.56. The van der Waals surface area contributed by atoms with Crippen molar-refractivity contribution in [3.8, 4) is 0 Å². The van der Waals surface area contributed by atoms with Crippen LogP contribution < -0.4 is 10.0 Å². The van der Waals surface area contributed by atoms with Gasteiger partial charge in [0.15, 0.2) is 0 Å². The number of nitrogens with zero attached hydrogens (tertiary/aromatic N) is 1. The number of anilines is 1. The number of halogens is 3. The topological polar surface area (TPSA) is 133 Å². The van der Waals surface area contributed by atoms with Crippen molar-refractivity contribution in [2.45, 2.75) is 70.0 Å². The van der Waals surface area contributed by atoms with Gasteiger partial charge in [-0.05, 0) is 74.1 Å². The number of alkyl halides is 3. The van der Waals surface area contributed by atoms with Crippen LogP contribution in [0.3, 0.4) is 0 Å². The number of hydrogen-bond donors (Lipinski definition) is 3. The number of amides is 2. The fraction of sp³-hybridized carbons (Fsp3) is 0.464. The molecular formula is C28H36F3N3O6S.